The van der Waals surface area contributed by atoms with Gasteiger partial charge in [0.15, 0.2) is 17.5 Å². The molecule has 2 nitrogen and oxygen atoms in total. The summed E-state index contributed by atoms with van der Waals surface area (Å²) in [5, 5.41) is 2.74. The molecule has 0 aliphatic heterocycles. The van der Waals surface area contributed by atoms with Gasteiger partial charge < -0.3 is 10.1 Å². The van der Waals surface area contributed by atoms with E-state index in [4.69, 9.17) is 4.74 Å². The van der Waals surface area contributed by atoms with E-state index in [9.17, 15) is 13.2 Å². The molecule has 0 aliphatic rings. The molecule has 0 spiro atoms. The van der Waals surface area contributed by atoms with E-state index in [0.29, 0.717) is 6.54 Å². The molecule has 0 atom stereocenters. The lowest BCUT2D eigenvalue weighted by Gasteiger charge is -2.11. The van der Waals surface area contributed by atoms with Crippen LogP contribution in [0.3, 0.4) is 0 Å². The first-order valence-corrected chi connectivity index (χ1v) is 6.60. The first kappa shape index (κ1) is 15.2. The molecule has 0 fully saturated rings. The predicted molar refractivity (Wildman–Crippen MR) is 75.8 cm³/mol. The van der Waals surface area contributed by atoms with Gasteiger partial charge in [0.25, 0.3) is 0 Å². The zero-order chi connectivity index (χ0) is 15.4. The third kappa shape index (κ3) is 3.90. The van der Waals surface area contributed by atoms with Crippen molar-refractivity contribution in [1.82, 2.24) is 0 Å². The fraction of sp³-hybridized carbons (Fsp3) is 0.250. The van der Waals surface area contributed by atoms with E-state index in [-0.39, 0.29) is 11.8 Å². The number of hydrogen-bond acceptors (Lipinski definition) is 2. The Balaban J connectivity index is 2.02. The second-order valence-corrected chi connectivity index (χ2v) is 4.89. The molecule has 0 amide bonds. The quantitative estimate of drug-likeness (QED) is 0.820. The molecule has 0 aliphatic carbocycles. The predicted octanol–water partition coefficient (Wildman–Crippen LogP) is 4.50. The number of halogens is 3. The Morgan fingerprint density at radius 3 is 2.24 bits per heavy atom. The largest absolute Gasteiger partial charge is 0.491 e. The maximum Gasteiger partial charge on any atom is 0.196 e. The standard InChI is InChI=1S/C16H16F3NO/c1-10(2)21-12-5-3-11(4-6-12)9-20-14-8-7-13(17)15(18)16(14)19/h3-8,10,20H,9H2,1-2H3. The van der Waals surface area contributed by atoms with Crippen LogP contribution in [0.25, 0.3) is 0 Å². The highest BCUT2D eigenvalue weighted by Gasteiger charge is 2.12. The van der Waals surface area contributed by atoms with Gasteiger partial charge in [-0.25, -0.2) is 13.2 Å². The zero-order valence-electron chi connectivity index (χ0n) is 11.8. The zero-order valence-corrected chi connectivity index (χ0v) is 11.8. The van der Waals surface area contributed by atoms with Crippen LogP contribution in [0.1, 0.15) is 19.4 Å². The molecule has 0 unspecified atom stereocenters. The van der Waals surface area contributed by atoms with E-state index >= 15 is 0 Å². The Hall–Kier alpha value is -2.17. The van der Waals surface area contributed by atoms with Gasteiger partial charge in [0.05, 0.1) is 11.8 Å². The van der Waals surface area contributed by atoms with Crippen molar-refractivity contribution in [2.24, 2.45) is 0 Å². The molecular weight excluding hydrogens is 279 g/mol. The molecular formula is C16H16F3NO. The molecule has 0 saturated carbocycles. The van der Waals surface area contributed by atoms with Crippen molar-refractivity contribution in [3.63, 3.8) is 0 Å². The van der Waals surface area contributed by atoms with Crippen molar-refractivity contribution >= 4 is 5.69 Å². The molecule has 112 valence electrons. The lowest BCUT2D eigenvalue weighted by atomic mass is 10.2. The van der Waals surface area contributed by atoms with Crippen molar-refractivity contribution in [2.45, 2.75) is 26.5 Å². The van der Waals surface area contributed by atoms with Gasteiger partial charge in [-0.15, -0.1) is 0 Å². The number of anilines is 1. The molecule has 2 aromatic rings. The Morgan fingerprint density at radius 2 is 1.62 bits per heavy atom. The summed E-state index contributed by atoms with van der Waals surface area (Å²) in [7, 11) is 0. The van der Waals surface area contributed by atoms with E-state index < -0.39 is 17.5 Å². The van der Waals surface area contributed by atoms with Crippen LogP contribution in [0.2, 0.25) is 0 Å². The summed E-state index contributed by atoms with van der Waals surface area (Å²) in [6.45, 7) is 4.16. The highest BCUT2D eigenvalue weighted by atomic mass is 19.2. The summed E-state index contributed by atoms with van der Waals surface area (Å²) in [6.07, 6.45) is 0.0882. The van der Waals surface area contributed by atoms with Gasteiger partial charge >= 0.3 is 0 Å². The van der Waals surface area contributed by atoms with E-state index in [1.807, 2.05) is 26.0 Å². The molecule has 2 aromatic carbocycles. The third-order valence-corrected chi connectivity index (χ3v) is 2.81. The lowest BCUT2D eigenvalue weighted by Crippen LogP contribution is -2.06. The van der Waals surface area contributed by atoms with Crippen molar-refractivity contribution < 1.29 is 17.9 Å². The van der Waals surface area contributed by atoms with Crippen molar-refractivity contribution in [2.75, 3.05) is 5.32 Å². The van der Waals surface area contributed by atoms with Crippen LogP contribution in [0.15, 0.2) is 36.4 Å². The average molecular weight is 295 g/mol. The van der Waals surface area contributed by atoms with Gasteiger partial charge in [-0.3, -0.25) is 0 Å². The van der Waals surface area contributed by atoms with Crippen molar-refractivity contribution in [1.29, 1.82) is 0 Å². The van der Waals surface area contributed by atoms with Crippen LogP contribution in [-0.2, 0) is 6.54 Å². The monoisotopic (exact) mass is 295 g/mol. The van der Waals surface area contributed by atoms with Gasteiger partial charge in [-0.2, -0.15) is 0 Å². The fourth-order valence-corrected chi connectivity index (χ4v) is 1.82. The van der Waals surface area contributed by atoms with Gasteiger partial charge in [0.1, 0.15) is 5.75 Å². The second-order valence-electron chi connectivity index (χ2n) is 4.89. The Labute approximate surface area is 121 Å². The van der Waals surface area contributed by atoms with Crippen LogP contribution in [0.4, 0.5) is 18.9 Å². The number of ether oxygens (including phenoxy) is 1. The van der Waals surface area contributed by atoms with Gasteiger partial charge in [-0.05, 0) is 43.7 Å². The van der Waals surface area contributed by atoms with Gasteiger partial charge in [0, 0.05) is 6.54 Å². The molecule has 0 aromatic heterocycles. The third-order valence-electron chi connectivity index (χ3n) is 2.81. The SMILES string of the molecule is CC(C)Oc1ccc(CNc2ccc(F)c(F)c2F)cc1. The molecule has 0 bridgehead atoms. The van der Waals surface area contributed by atoms with Crippen molar-refractivity contribution in [3.8, 4) is 5.75 Å². The topological polar surface area (TPSA) is 21.3 Å². The normalized spacial score (nSPS) is 10.8. The summed E-state index contributed by atoms with van der Waals surface area (Å²) in [5.41, 5.74) is 0.798. The van der Waals surface area contributed by atoms with Crippen molar-refractivity contribution in [3.05, 3.63) is 59.4 Å². The summed E-state index contributed by atoms with van der Waals surface area (Å²) < 4.78 is 44.9. The molecule has 0 radical (unpaired) electrons. The molecule has 5 heteroatoms. The van der Waals surface area contributed by atoms with Crippen LogP contribution in [0, 0.1) is 17.5 Å². The Bertz CT molecular complexity index is 612. The summed E-state index contributed by atoms with van der Waals surface area (Å²) in [4.78, 5) is 0. The maximum absolute atomic E-state index is 13.5. The van der Waals surface area contributed by atoms with E-state index in [1.165, 1.54) is 6.07 Å². The molecule has 0 heterocycles. The fourth-order valence-electron chi connectivity index (χ4n) is 1.82. The maximum atomic E-state index is 13.5. The van der Waals surface area contributed by atoms with E-state index in [0.717, 1.165) is 17.4 Å². The summed E-state index contributed by atoms with van der Waals surface area (Å²) >= 11 is 0. The minimum Gasteiger partial charge on any atom is -0.491 e. The Kier molecular flexibility index (Phi) is 4.73. The number of rotatable bonds is 5. The van der Waals surface area contributed by atoms with Crippen LogP contribution in [0.5, 0.6) is 5.75 Å². The highest BCUT2D eigenvalue weighted by Crippen LogP contribution is 2.21. The minimum absolute atomic E-state index is 0.0728. The summed E-state index contributed by atoms with van der Waals surface area (Å²) in [6, 6.07) is 9.31. The molecule has 0 saturated heterocycles. The number of hydrogen-bond donors (Lipinski definition) is 1. The molecule has 2 rings (SSSR count). The average Bonchev–Trinajstić information content (AvgIpc) is 2.45. The van der Waals surface area contributed by atoms with E-state index in [1.54, 1.807) is 12.1 Å². The van der Waals surface area contributed by atoms with E-state index in [2.05, 4.69) is 5.32 Å². The Morgan fingerprint density at radius 1 is 0.952 bits per heavy atom. The molecule has 21 heavy (non-hydrogen) atoms. The van der Waals surface area contributed by atoms with Crippen LogP contribution >= 0.6 is 0 Å². The number of benzene rings is 2. The first-order valence-electron chi connectivity index (χ1n) is 6.60. The molecule has 1 N–H and O–H groups in total. The van der Waals surface area contributed by atoms with Gasteiger partial charge in [-0.1, -0.05) is 12.1 Å². The first-order chi connectivity index (χ1) is 9.97. The van der Waals surface area contributed by atoms with Crippen LogP contribution in [-0.4, -0.2) is 6.10 Å². The smallest absolute Gasteiger partial charge is 0.196 e. The second kappa shape index (κ2) is 6.52. The minimum atomic E-state index is -1.47. The van der Waals surface area contributed by atoms with Gasteiger partial charge in [0.2, 0.25) is 0 Å². The lowest BCUT2D eigenvalue weighted by molar-refractivity contribution is 0.242. The highest BCUT2D eigenvalue weighted by molar-refractivity contribution is 5.46. The van der Waals surface area contributed by atoms with Crippen LogP contribution < -0.4 is 10.1 Å². The summed E-state index contributed by atoms with van der Waals surface area (Å²) in [5.74, 6) is -3.14. The number of nitrogens with one attached hydrogen (secondary N) is 1.